The van der Waals surface area contributed by atoms with Crippen molar-refractivity contribution < 1.29 is 4.79 Å². The molecule has 0 bridgehead atoms. The molecular weight excluding hydrogens is 353 g/mol. The lowest BCUT2D eigenvalue weighted by atomic mass is 10.3. The second-order valence-electron chi connectivity index (χ2n) is 3.66. The van der Waals surface area contributed by atoms with Gasteiger partial charge in [-0.25, -0.2) is 0 Å². The molecule has 19 heavy (non-hydrogen) atoms. The number of anilines is 1. The lowest BCUT2D eigenvalue weighted by molar-refractivity contribution is -0.121. The molecule has 0 aliphatic carbocycles. The van der Waals surface area contributed by atoms with Crippen molar-refractivity contribution in [3.8, 4) is 0 Å². The molecule has 1 rings (SSSR count). The first kappa shape index (κ1) is 17.0. The van der Waals surface area contributed by atoms with Crippen LogP contribution in [0.15, 0.2) is 18.2 Å². The number of alkyl halides is 3. The third-order valence-corrected chi connectivity index (χ3v) is 3.39. The Labute approximate surface area is 136 Å². The molecule has 0 aliphatic heterocycles. The molecule has 0 saturated carbocycles. The van der Waals surface area contributed by atoms with Gasteiger partial charge < -0.3 is 10.6 Å². The average Bonchev–Trinajstić information content (AvgIpc) is 2.29. The third-order valence-electron chi connectivity index (χ3n) is 2.18. The summed E-state index contributed by atoms with van der Waals surface area (Å²) in [7, 11) is 0. The molecule has 106 valence electrons. The Hall–Kier alpha value is -0.0600. The van der Waals surface area contributed by atoms with Gasteiger partial charge in [0.2, 0.25) is 9.70 Å². The van der Waals surface area contributed by atoms with Crippen LogP contribution in [0.1, 0.15) is 13.3 Å². The fraction of sp³-hybridized carbons (Fsp3) is 0.364. The van der Waals surface area contributed by atoms with Crippen molar-refractivity contribution in [2.75, 3.05) is 5.32 Å². The van der Waals surface area contributed by atoms with Crippen LogP contribution in [0, 0.1) is 0 Å². The van der Waals surface area contributed by atoms with Crippen LogP contribution in [-0.4, -0.2) is 15.9 Å². The predicted octanol–water partition coefficient (Wildman–Crippen LogP) is 4.63. The highest BCUT2D eigenvalue weighted by Gasteiger charge is 2.34. The molecule has 2 N–H and O–H groups in total. The minimum absolute atomic E-state index is 0.256. The molecule has 8 heteroatoms. The zero-order chi connectivity index (χ0) is 14.6. The normalized spacial score (nSPS) is 12.9. The molecule has 0 saturated heterocycles. The predicted molar refractivity (Wildman–Crippen MR) is 82.6 cm³/mol. The van der Waals surface area contributed by atoms with Crippen LogP contribution in [-0.2, 0) is 4.79 Å². The van der Waals surface area contributed by atoms with Crippen LogP contribution in [0.3, 0.4) is 0 Å². The first-order valence-electron chi connectivity index (χ1n) is 5.31. The summed E-state index contributed by atoms with van der Waals surface area (Å²) in [5.41, 5.74) is 0.499. The van der Waals surface area contributed by atoms with E-state index in [1.807, 2.05) is 0 Å². The van der Waals surface area contributed by atoms with E-state index in [4.69, 9.17) is 58.0 Å². The second kappa shape index (κ2) is 7.09. The molecule has 1 aromatic carbocycles. The van der Waals surface area contributed by atoms with Crippen molar-refractivity contribution in [2.45, 2.75) is 23.3 Å². The maximum Gasteiger partial charge on any atom is 0.228 e. The van der Waals surface area contributed by atoms with Crippen LogP contribution >= 0.6 is 58.0 Å². The third kappa shape index (κ3) is 5.44. The van der Waals surface area contributed by atoms with E-state index in [1.54, 1.807) is 25.1 Å². The zero-order valence-corrected chi connectivity index (χ0v) is 13.6. The van der Waals surface area contributed by atoms with Gasteiger partial charge in [0.15, 0.2) is 0 Å². The largest absolute Gasteiger partial charge is 0.361 e. The fourth-order valence-corrected chi connectivity index (χ4v) is 2.02. The number of halogens is 5. The van der Waals surface area contributed by atoms with Gasteiger partial charge in [-0.15, -0.1) is 0 Å². The number of hydrogen-bond acceptors (Lipinski definition) is 2. The summed E-state index contributed by atoms with van der Waals surface area (Å²) >= 11 is 29.2. The second-order valence-corrected chi connectivity index (χ2v) is 6.88. The highest BCUT2D eigenvalue weighted by atomic mass is 35.6. The van der Waals surface area contributed by atoms with E-state index < -0.39 is 9.96 Å². The van der Waals surface area contributed by atoms with Crippen molar-refractivity contribution >= 4 is 69.6 Å². The monoisotopic (exact) mass is 362 g/mol. The SMILES string of the molecule is CCC(=O)N[C@@H](Nc1ccc(Cl)cc1Cl)C(Cl)(Cl)Cl. The lowest BCUT2D eigenvalue weighted by Crippen LogP contribution is -2.49. The average molecular weight is 364 g/mol. The van der Waals surface area contributed by atoms with Crippen LogP contribution in [0.25, 0.3) is 0 Å². The van der Waals surface area contributed by atoms with E-state index in [-0.39, 0.29) is 12.3 Å². The van der Waals surface area contributed by atoms with Crippen molar-refractivity contribution in [2.24, 2.45) is 0 Å². The molecule has 1 atom stereocenters. The van der Waals surface area contributed by atoms with E-state index in [0.717, 1.165) is 0 Å². The molecule has 0 aromatic heterocycles. The zero-order valence-electron chi connectivity index (χ0n) is 9.81. The number of amides is 1. The highest BCUT2D eigenvalue weighted by Crippen LogP contribution is 2.33. The van der Waals surface area contributed by atoms with Crippen molar-refractivity contribution in [1.82, 2.24) is 5.32 Å². The van der Waals surface area contributed by atoms with Gasteiger partial charge in [0.05, 0.1) is 10.7 Å². The number of carbonyl (C=O) groups excluding carboxylic acids is 1. The minimum Gasteiger partial charge on any atom is -0.361 e. The number of carbonyl (C=O) groups is 1. The minimum atomic E-state index is -1.73. The molecule has 1 amide bonds. The van der Waals surface area contributed by atoms with Crippen molar-refractivity contribution in [3.63, 3.8) is 0 Å². The molecule has 0 spiro atoms. The molecule has 1 aromatic rings. The molecule has 0 unspecified atom stereocenters. The molecule has 3 nitrogen and oxygen atoms in total. The summed E-state index contributed by atoms with van der Waals surface area (Å²) in [6, 6.07) is 4.81. The van der Waals surface area contributed by atoms with Gasteiger partial charge in [-0.05, 0) is 18.2 Å². The van der Waals surface area contributed by atoms with Crippen LogP contribution in [0.5, 0.6) is 0 Å². The summed E-state index contributed by atoms with van der Waals surface area (Å²) < 4.78 is -1.73. The van der Waals surface area contributed by atoms with Gasteiger partial charge in [0.1, 0.15) is 6.17 Å². The van der Waals surface area contributed by atoms with E-state index in [0.29, 0.717) is 15.7 Å². The van der Waals surface area contributed by atoms with Gasteiger partial charge in [-0.1, -0.05) is 64.9 Å². The maximum absolute atomic E-state index is 11.4. The number of rotatable bonds is 4. The van der Waals surface area contributed by atoms with Gasteiger partial charge in [0.25, 0.3) is 0 Å². The molecule has 0 heterocycles. The quantitative estimate of drug-likeness (QED) is 0.604. The standard InChI is InChI=1S/C11H11Cl5N2O/c1-2-9(19)18-10(11(14,15)16)17-8-4-3-6(12)5-7(8)13/h3-5,10,17H,2H2,1H3,(H,18,19)/t10-/m1/s1. The summed E-state index contributed by atoms with van der Waals surface area (Å²) in [5.74, 6) is -0.256. The Kier molecular flexibility index (Phi) is 6.34. The van der Waals surface area contributed by atoms with Gasteiger partial charge >= 0.3 is 0 Å². The topological polar surface area (TPSA) is 41.1 Å². The highest BCUT2D eigenvalue weighted by molar-refractivity contribution is 6.68. The fourth-order valence-electron chi connectivity index (χ4n) is 1.22. The maximum atomic E-state index is 11.4. The number of nitrogens with one attached hydrogen (secondary N) is 2. The van der Waals surface area contributed by atoms with Gasteiger partial charge in [0, 0.05) is 11.4 Å². The Balaban J connectivity index is 2.91. The van der Waals surface area contributed by atoms with E-state index in [1.165, 1.54) is 0 Å². The van der Waals surface area contributed by atoms with Crippen LogP contribution in [0.4, 0.5) is 5.69 Å². The Morgan fingerprint density at radius 2 is 1.95 bits per heavy atom. The molecular formula is C11H11Cl5N2O. The first-order valence-corrected chi connectivity index (χ1v) is 7.20. The van der Waals surface area contributed by atoms with Gasteiger partial charge in [-0.3, -0.25) is 4.79 Å². The van der Waals surface area contributed by atoms with Crippen LogP contribution in [0.2, 0.25) is 10.0 Å². The summed E-state index contributed by atoms with van der Waals surface area (Å²) in [4.78, 5) is 11.4. The van der Waals surface area contributed by atoms with E-state index in [2.05, 4.69) is 10.6 Å². The van der Waals surface area contributed by atoms with E-state index in [9.17, 15) is 4.79 Å². The van der Waals surface area contributed by atoms with Crippen molar-refractivity contribution in [1.29, 1.82) is 0 Å². The lowest BCUT2D eigenvalue weighted by Gasteiger charge is -2.27. The van der Waals surface area contributed by atoms with E-state index >= 15 is 0 Å². The Morgan fingerprint density at radius 3 is 2.42 bits per heavy atom. The number of benzene rings is 1. The molecule has 0 fully saturated rings. The molecule has 0 radical (unpaired) electrons. The number of hydrogen-bond donors (Lipinski definition) is 2. The Bertz CT molecular complexity index is 461. The first-order chi connectivity index (χ1) is 8.74. The summed E-state index contributed by atoms with van der Waals surface area (Å²) in [5, 5.41) is 6.26. The Morgan fingerprint density at radius 1 is 1.32 bits per heavy atom. The summed E-state index contributed by atoms with van der Waals surface area (Å²) in [6.07, 6.45) is -0.642. The van der Waals surface area contributed by atoms with Crippen LogP contribution < -0.4 is 10.6 Å². The molecule has 0 aliphatic rings. The van der Waals surface area contributed by atoms with Gasteiger partial charge in [-0.2, -0.15) is 0 Å². The van der Waals surface area contributed by atoms with Crippen molar-refractivity contribution in [3.05, 3.63) is 28.2 Å². The summed E-state index contributed by atoms with van der Waals surface area (Å²) in [6.45, 7) is 1.69. The smallest absolute Gasteiger partial charge is 0.228 e.